The predicted molar refractivity (Wildman–Crippen MR) is 496 cm³/mol. The number of nitrogens with one attached hydrogen (secondary N) is 3. The first-order valence-corrected chi connectivity index (χ1v) is 40.2. The lowest BCUT2D eigenvalue weighted by molar-refractivity contribution is 0.0996. The van der Waals surface area contributed by atoms with Crippen molar-refractivity contribution in [1.82, 2.24) is 118 Å². The molecule has 36 nitrogen and oxygen atoms in total. The van der Waals surface area contributed by atoms with E-state index in [9.17, 15) is 29.2 Å². The minimum absolute atomic E-state index is 0.0469. The van der Waals surface area contributed by atoms with Gasteiger partial charge in [0.25, 0.3) is 28.1 Å². The lowest BCUT2D eigenvalue weighted by Gasteiger charge is -2.14. The van der Waals surface area contributed by atoms with Crippen LogP contribution in [-0.4, -0.2) is 124 Å². The molecular formula is C89H67Cl4N31O5. The number of nitrogen functional groups attached to an aromatic ring is 5. The number of aryl methyl sites for hydroxylation is 4. The van der Waals surface area contributed by atoms with Gasteiger partial charge in [0.05, 0.1) is 83.9 Å². The smallest absolute Gasteiger partial charge is 0.271 e. The van der Waals surface area contributed by atoms with E-state index in [1.165, 1.54) is 33.8 Å². The Bertz CT molecular complexity index is 8140. The summed E-state index contributed by atoms with van der Waals surface area (Å²) in [5, 5.41) is 36.2. The summed E-state index contributed by atoms with van der Waals surface area (Å²) in [4.78, 5) is 118. The molecule has 15 heterocycles. The van der Waals surface area contributed by atoms with Crippen LogP contribution in [0.5, 0.6) is 0 Å². The van der Waals surface area contributed by atoms with Crippen LogP contribution in [0.1, 0.15) is 28.7 Å². The molecule has 0 atom stereocenters. The lowest BCUT2D eigenvalue weighted by Crippen LogP contribution is -2.24. The average Bonchev–Trinajstić information content (AvgIpc) is 1.31. The van der Waals surface area contributed by atoms with E-state index in [1.54, 1.807) is 158 Å². The molecule has 0 aliphatic heterocycles. The Kier molecular flexibility index (Phi) is 24.1. The van der Waals surface area contributed by atoms with E-state index in [0.717, 1.165) is 61.3 Å². The van der Waals surface area contributed by atoms with Crippen LogP contribution in [0.25, 0.3) is 156 Å². The third kappa shape index (κ3) is 17.9. The number of nitriles is 1. The van der Waals surface area contributed by atoms with Crippen molar-refractivity contribution >= 4 is 136 Å². The molecule has 5 aromatic carbocycles. The number of aromatic nitrogens is 24. The summed E-state index contributed by atoms with van der Waals surface area (Å²) >= 11 is 25.5. The average molecular weight is 1790 g/mol. The number of nitrogens with two attached hydrogens (primary N) is 6. The molecule has 1 amide bonds. The molecular weight excluding hydrogens is 1730 g/mol. The number of carbonyl (C=O) groups is 1. The number of aromatic amines is 3. The normalized spacial score (nSPS) is 11.0. The van der Waals surface area contributed by atoms with Gasteiger partial charge >= 0.3 is 0 Å². The molecule has 0 aliphatic carbocycles. The van der Waals surface area contributed by atoms with Crippen molar-refractivity contribution in [3.8, 4) is 108 Å². The summed E-state index contributed by atoms with van der Waals surface area (Å²) < 4.78 is 7.87. The summed E-state index contributed by atoms with van der Waals surface area (Å²) in [5.74, 6) is 0.436. The number of carbonyl (C=O) groups excluding carboxylic acids is 1. The highest BCUT2D eigenvalue weighted by Crippen LogP contribution is 2.39. The van der Waals surface area contributed by atoms with E-state index in [0.29, 0.717) is 127 Å². The van der Waals surface area contributed by atoms with Gasteiger partial charge in [0.2, 0.25) is 0 Å². The molecule has 129 heavy (non-hydrogen) atoms. The third-order valence-electron chi connectivity index (χ3n) is 19.8. The SMILES string of the molecule is CCn1ccc(-c2nc(N)cnc2-c2cc(Cl)c3ncccc3c2)n1.Cc1cccn(-c2nc(N)c(C(N)=O)nc2-c2cc(Cl)c3ncccc3c2)c1=O.Cn1ccc(-c2nc(N)c(C#N)nc2-c2ccc3c(=O)[nH]ccc3c2)n1.Cn1ccc(-c2nc(N)cnc2-c2cc(Cl)c3c(=O)[nH]ccc3c2)n1.Nc1cnc(-c2cc(Cl)c3[nH]ncc3c2)c(-n2ccccc2=O)n1. The summed E-state index contributed by atoms with van der Waals surface area (Å²) in [7, 11) is 3.62. The summed E-state index contributed by atoms with van der Waals surface area (Å²) in [6, 6.07) is 46.6. The maximum atomic E-state index is 12.7. The zero-order valence-corrected chi connectivity index (χ0v) is 71.0. The number of H-pyrrole nitrogens is 3. The standard InChI is InChI=1S/C20H15ClN6O2.C18H15ClN6.C18H13N7O.C17H13ClN6O.C16H11ClN6O/c1-10-4-3-7-27(20(10)29)19-15(25-16(18(23)28)17(22)26-19)12-8-11-5-2-6-24-14(11)13(21)9-12;1-2-25-7-5-14(24-25)18-17(22-10-15(20)23-18)12-8-11-4-3-6-21-16(11)13(19)9-12;1-25-7-5-13(24-25)16-15(22-14(9-19)17(20)23-16)11-2-3-12-10(8-11)4-6-21-18(12)26;1-24-5-3-12(23-24)16-15(21-8-13(19)22-16)10-6-9-2-4-20-17(25)14(9)11(18)7-10;17-11-6-9(5-10-7-20-22-14(10)11)15-16(21-12(18)8-19-15)23-4-2-1-3-13(23)24/h2-9H,1H3,(H2,22,26)(H2,23,28);3-10H,2H2,1H3,(H2,20,23);2-8H,1H3,(H2,20,23)(H,21,26);2-8H,1H3,(H2,19,22)(H,20,25);1-8H,(H2,18,21)(H,20,22). The molecule has 0 aliphatic rings. The first-order chi connectivity index (χ1) is 62.2. The van der Waals surface area contributed by atoms with Crippen LogP contribution in [0.3, 0.4) is 0 Å². The number of hydrogen-bond donors (Lipinski definition) is 9. The van der Waals surface area contributed by atoms with Gasteiger partial charge < -0.3 is 44.4 Å². The van der Waals surface area contributed by atoms with Crippen LogP contribution < -0.4 is 56.6 Å². The van der Waals surface area contributed by atoms with Crippen molar-refractivity contribution in [1.29, 1.82) is 5.26 Å². The molecule has 0 saturated heterocycles. The van der Waals surface area contributed by atoms with Gasteiger partial charge in [-0.1, -0.05) is 76.7 Å². The second-order valence-electron chi connectivity index (χ2n) is 28.5. The Morgan fingerprint density at radius 2 is 1.00 bits per heavy atom. The van der Waals surface area contributed by atoms with Crippen molar-refractivity contribution in [2.45, 2.75) is 20.4 Å². The molecule has 15 N–H and O–H groups in total. The highest BCUT2D eigenvalue weighted by molar-refractivity contribution is 6.37. The van der Waals surface area contributed by atoms with Crippen molar-refractivity contribution in [3.05, 3.63) is 311 Å². The number of hydrogen-bond acceptors (Lipinski definition) is 27. The Morgan fingerprint density at radius 1 is 0.457 bits per heavy atom. The number of nitrogens with zero attached hydrogens (tertiary/aromatic N) is 22. The van der Waals surface area contributed by atoms with E-state index >= 15 is 0 Å². The largest absolute Gasteiger partial charge is 0.382 e. The van der Waals surface area contributed by atoms with Crippen molar-refractivity contribution in [2.75, 3.05) is 28.7 Å². The Balaban J connectivity index is 0.000000118. The van der Waals surface area contributed by atoms with Crippen LogP contribution in [0.15, 0.2) is 251 Å². The van der Waals surface area contributed by atoms with Crippen LogP contribution in [0.4, 0.5) is 29.1 Å². The number of rotatable bonds is 12. The minimum Gasteiger partial charge on any atom is -0.382 e. The first kappa shape index (κ1) is 85.4. The second-order valence-corrected chi connectivity index (χ2v) is 30.1. The number of fused-ring (bicyclic) bond motifs is 5. The number of pyridine rings is 6. The fraction of sp³-hybridized carbons (Fsp3) is 0.0562. The Morgan fingerprint density at radius 3 is 1.61 bits per heavy atom. The van der Waals surface area contributed by atoms with Gasteiger partial charge in [-0.15, -0.1) is 0 Å². The summed E-state index contributed by atoms with van der Waals surface area (Å²) in [5.41, 5.74) is 45.8. The topological polar surface area (TPSA) is 544 Å². The molecule has 0 unspecified atom stereocenters. The number of anilines is 5. The van der Waals surface area contributed by atoms with E-state index in [-0.39, 0.29) is 62.6 Å². The van der Waals surface area contributed by atoms with Gasteiger partial charge in [0.15, 0.2) is 34.7 Å². The van der Waals surface area contributed by atoms with E-state index < -0.39 is 5.91 Å². The molecule has 0 radical (unpaired) electrons. The quantitative estimate of drug-likeness (QED) is 0.0548. The lowest BCUT2D eigenvalue weighted by atomic mass is 10.0. The maximum absolute atomic E-state index is 12.7. The molecule has 20 aromatic rings. The van der Waals surface area contributed by atoms with Crippen molar-refractivity contribution < 1.29 is 4.79 Å². The van der Waals surface area contributed by atoms with Gasteiger partial charge in [-0.25, -0.2) is 39.9 Å². The zero-order chi connectivity index (χ0) is 90.6. The van der Waals surface area contributed by atoms with Gasteiger partial charge in [-0.3, -0.25) is 72.2 Å². The molecule has 0 saturated carbocycles. The summed E-state index contributed by atoms with van der Waals surface area (Å²) in [6.07, 6.45) is 21.3. The number of primary amides is 1. The van der Waals surface area contributed by atoms with Gasteiger partial charge in [-0.2, -0.15) is 25.7 Å². The highest BCUT2D eigenvalue weighted by atomic mass is 35.5. The minimum atomic E-state index is -0.826. The third-order valence-corrected chi connectivity index (χ3v) is 21.0. The second kappa shape index (κ2) is 36.3. The fourth-order valence-corrected chi connectivity index (χ4v) is 15.0. The maximum Gasteiger partial charge on any atom is 0.271 e. The molecule has 636 valence electrons. The molecule has 40 heteroatoms. The highest BCUT2D eigenvalue weighted by Gasteiger charge is 2.25. The van der Waals surface area contributed by atoms with E-state index in [1.807, 2.05) is 97.8 Å². The number of amides is 1. The Labute approximate surface area is 747 Å². The first-order valence-electron chi connectivity index (χ1n) is 38.7. The zero-order valence-electron chi connectivity index (χ0n) is 68.0. The fourth-order valence-electron chi connectivity index (χ4n) is 13.8. The summed E-state index contributed by atoms with van der Waals surface area (Å²) in [6.45, 7) is 4.49. The monoisotopic (exact) mass is 1790 g/mol. The van der Waals surface area contributed by atoms with E-state index in [4.69, 9.17) is 80.8 Å². The predicted octanol–water partition coefficient (Wildman–Crippen LogP) is 13.2. The molecule has 20 rings (SSSR count). The van der Waals surface area contributed by atoms with Crippen molar-refractivity contribution in [3.63, 3.8) is 0 Å². The van der Waals surface area contributed by atoms with Crippen LogP contribution in [-0.2, 0) is 20.6 Å². The molecule has 0 spiro atoms. The van der Waals surface area contributed by atoms with Gasteiger partial charge in [-0.05, 0) is 140 Å². The van der Waals surface area contributed by atoms with Crippen LogP contribution in [0, 0.1) is 18.3 Å². The number of benzene rings is 5. The van der Waals surface area contributed by atoms with Crippen molar-refractivity contribution in [2.24, 2.45) is 19.8 Å². The number of halogens is 4. The van der Waals surface area contributed by atoms with Gasteiger partial charge in [0, 0.05) is 137 Å². The van der Waals surface area contributed by atoms with Crippen LogP contribution in [0.2, 0.25) is 20.1 Å². The molecule has 15 aromatic heterocycles. The Hall–Kier alpha value is -17.1. The van der Waals surface area contributed by atoms with Gasteiger partial charge in [0.1, 0.15) is 69.1 Å². The molecule has 0 bridgehead atoms. The van der Waals surface area contributed by atoms with E-state index in [2.05, 4.69) is 95.3 Å². The molecule has 0 fully saturated rings. The van der Waals surface area contributed by atoms with Crippen LogP contribution >= 0.6 is 46.4 Å².